The molecule has 0 heterocycles. The minimum atomic E-state index is 0.648. The van der Waals surface area contributed by atoms with Crippen LogP contribution in [0.25, 0.3) is 0 Å². The van der Waals surface area contributed by atoms with Gasteiger partial charge in [-0.15, -0.1) is 0 Å². The quantitative estimate of drug-likeness (QED) is 0.289. The highest BCUT2D eigenvalue weighted by molar-refractivity contribution is 14.1. The van der Waals surface area contributed by atoms with E-state index in [-0.39, 0.29) is 0 Å². The van der Waals surface area contributed by atoms with Crippen molar-refractivity contribution in [3.63, 3.8) is 0 Å². The summed E-state index contributed by atoms with van der Waals surface area (Å²) < 4.78 is 1.90. The van der Waals surface area contributed by atoms with Gasteiger partial charge in [0, 0.05) is 8.40 Å². The highest BCUT2D eigenvalue weighted by Crippen LogP contribution is 2.33. The molecule has 0 aliphatic heterocycles. The smallest absolute Gasteiger partial charge is 0.0370 e. The van der Waals surface area contributed by atoms with E-state index in [9.17, 15) is 0 Å². The maximum absolute atomic E-state index is 3.63. The fourth-order valence-electron chi connectivity index (χ4n) is 1.81. The number of benzene rings is 1. The normalized spacial score (nSPS) is 12.7. The van der Waals surface area contributed by atoms with Crippen molar-refractivity contribution in [1.29, 1.82) is 0 Å². The Hall–Kier alpha value is 0.430. The highest BCUT2D eigenvalue weighted by atomic mass is 127. The zero-order valence-corrected chi connectivity index (χ0v) is 13.6. The van der Waals surface area contributed by atoms with Crippen LogP contribution in [0.2, 0.25) is 0 Å². The molecule has 16 heavy (non-hydrogen) atoms. The summed E-state index contributed by atoms with van der Waals surface area (Å²) in [6.45, 7) is 2.27. The predicted octanol–water partition coefficient (Wildman–Crippen LogP) is 6.29. The van der Waals surface area contributed by atoms with Gasteiger partial charge in [0.15, 0.2) is 0 Å². The second-order valence-corrected chi connectivity index (χ2v) is 6.55. The lowest BCUT2D eigenvalue weighted by Gasteiger charge is -2.11. The van der Waals surface area contributed by atoms with Crippen LogP contribution in [0.3, 0.4) is 0 Å². The Bertz CT molecular complexity index is 299. The van der Waals surface area contributed by atoms with Crippen molar-refractivity contribution in [3.8, 4) is 0 Å². The van der Waals surface area contributed by atoms with Crippen molar-refractivity contribution < 1.29 is 0 Å². The van der Waals surface area contributed by atoms with Crippen LogP contribution in [0.1, 0.15) is 54.9 Å². The molecular formula is C14H20BrI. The minimum absolute atomic E-state index is 0.648. The fraction of sp³-hybridized carbons (Fsp3) is 0.571. The molecule has 1 unspecified atom stereocenters. The molecule has 0 saturated carbocycles. The van der Waals surface area contributed by atoms with Gasteiger partial charge in [0.1, 0.15) is 0 Å². The van der Waals surface area contributed by atoms with Gasteiger partial charge in [-0.05, 0) is 18.1 Å². The molecule has 0 aromatic heterocycles. The first-order valence-corrected chi connectivity index (χ1v) is 8.18. The fourth-order valence-corrected chi connectivity index (χ4v) is 3.78. The van der Waals surface area contributed by atoms with E-state index in [0.29, 0.717) is 3.92 Å². The standard InChI is InChI=1S/C14H20BrI/c1-2-3-4-5-6-11-14(16)12-9-7-8-10-13(12)15/h7-10,14H,2-6,11H2,1H3. The monoisotopic (exact) mass is 394 g/mol. The van der Waals surface area contributed by atoms with Crippen molar-refractivity contribution in [1.82, 2.24) is 0 Å². The largest absolute Gasteiger partial charge is 0.0774 e. The molecule has 0 aliphatic rings. The lowest BCUT2D eigenvalue weighted by molar-refractivity contribution is 0.608. The van der Waals surface area contributed by atoms with Crippen molar-refractivity contribution in [2.24, 2.45) is 0 Å². The second-order valence-electron chi connectivity index (χ2n) is 4.19. The number of rotatable bonds is 7. The number of hydrogen-bond acceptors (Lipinski definition) is 0. The van der Waals surface area contributed by atoms with Gasteiger partial charge in [-0.25, -0.2) is 0 Å². The van der Waals surface area contributed by atoms with E-state index in [1.54, 1.807) is 0 Å². The summed E-state index contributed by atoms with van der Waals surface area (Å²) in [5.41, 5.74) is 1.44. The summed E-state index contributed by atoms with van der Waals surface area (Å²) in [6.07, 6.45) is 8.16. The third-order valence-corrected chi connectivity index (χ3v) is 4.82. The summed E-state index contributed by atoms with van der Waals surface area (Å²) in [5.74, 6) is 0. The molecule has 2 heteroatoms. The van der Waals surface area contributed by atoms with Crippen LogP contribution in [0.15, 0.2) is 28.7 Å². The van der Waals surface area contributed by atoms with Crippen LogP contribution in [-0.2, 0) is 0 Å². The Balaban J connectivity index is 2.30. The maximum atomic E-state index is 3.63. The van der Waals surface area contributed by atoms with Gasteiger partial charge in [-0.2, -0.15) is 0 Å². The van der Waals surface area contributed by atoms with Crippen molar-refractivity contribution in [2.45, 2.75) is 49.4 Å². The van der Waals surface area contributed by atoms with Gasteiger partial charge in [0.2, 0.25) is 0 Å². The van der Waals surface area contributed by atoms with E-state index in [2.05, 4.69) is 69.7 Å². The zero-order chi connectivity index (χ0) is 11.8. The summed E-state index contributed by atoms with van der Waals surface area (Å²) in [5, 5.41) is 0. The van der Waals surface area contributed by atoms with Crippen LogP contribution >= 0.6 is 38.5 Å². The Kier molecular flexibility index (Phi) is 7.71. The molecule has 1 aromatic carbocycles. The van der Waals surface area contributed by atoms with Crippen molar-refractivity contribution in [3.05, 3.63) is 34.3 Å². The van der Waals surface area contributed by atoms with Crippen LogP contribution in [-0.4, -0.2) is 0 Å². The van der Waals surface area contributed by atoms with E-state index < -0.39 is 0 Å². The third-order valence-electron chi connectivity index (χ3n) is 2.80. The number of alkyl halides is 1. The summed E-state index contributed by atoms with van der Waals surface area (Å²) in [6, 6.07) is 8.58. The molecule has 0 fully saturated rings. The van der Waals surface area contributed by atoms with Crippen molar-refractivity contribution in [2.75, 3.05) is 0 Å². The van der Waals surface area contributed by atoms with E-state index in [0.717, 1.165) is 0 Å². The molecule has 0 saturated heterocycles. The summed E-state index contributed by atoms with van der Waals surface area (Å²) in [7, 11) is 0. The van der Waals surface area contributed by atoms with Gasteiger partial charge in [0.25, 0.3) is 0 Å². The van der Waals surface area contributed by atoms with E-state index in [1.165, 1.54) is 48.6 Å². The first kappa shape index (κ1) is 14.5. The average molecular weight is 395 g/mol. The maximum Gasteiger partial charge on any atom is 0.0370 e. The second kappa shape index (κ2) is 8.51. The third kappa shape index (κ3) is 5.17. The topological polar surface area (TPSA) is 0 Å². The highest BCUT2D eigenvalue weighted by Gasteiger charge is 2.09. The molecule has 1 atom stereocenters. The lowest BCUT2D eigenvalue weighted by Crippen LogP contribution is -1.91. The molecule has 0 aliphatic carbocycles. The Morgan fingerprint density at radius 2 is 1.81 bits per heavy atom. The van der Waals surface area contributed by atoms with Crippen LogP contribution in [0.5, 0.6) is 0 Å². The predicted molar refractivity (Wildman–Crippen MR) is 84.3 cm³/mol. The molecule has 0 bridgehead atoms. The molecule has 90 valence electrons. The molecule has 1 rings (SSSR count). The Morgan fingerprint density at radius 3 is 2.50 bits per heavy atom. The van der Waals surface area contributed by atoms with Gasteiger partial charge >= 0.3 is 0 Å². The molecule has 0 amide bonds. The van der Waals surface area contributed by atoms with E-state index in [1.807, 2.05) is 0 Å². The molecule has 0 N–H and O–H groups in total. The Labute approximate surface area is 121 Å². The molecule has 0 nitrogen and oxygen atoms in total. The van der Waals surface area contributed by atoms with Crippen LogP contribution in [0.4, 0.5) is 0 Å². The zero-order valence-electron chi connectivity index (χ0n) is 9.89. The lowest BCUT2D eigenvalue weighted by atomic mass is 10.1. The van der Waals surface area contributed by atoms with Crippen LogP contribution < -0.4 is 0 Å². The number of halogens is 2. The molecular weight excluding hydrogens is 375 g/mol. The van der Waals surface area contributed by atoms with E-state index in [4.69, 9.17) is 0 Å². The Morgan fingerprint density at radius 1 is 1.12 bits per heavy atom. The first-order valence-electron chi connectivity index (χ1n) is 6.14. The summed E-state index contributed by atoms with van der Waals surface area (Å²) in [4.78, 5) is 0. The van der Waals surface area contributed by atoms with Gasteiger partial charge in [-0.1, -0.05) is 95.7 Å². The summed E-state index contributed by atoms with van der Waals surface area (Å²) >= 11 is 6.19. The first-order chi connectivity index (χ1) is 7.75. The molecule has 0 radical (unpaired) electrons. The molecule has 1 aromatic rings. The average Bonchev–Trinajstić information content (AvgIpc) is 2.29. The number of unbranched alkanes of at least 4 members (excludes halogenated alkanes) is 4. The van der Waals surface area contributed by atoms with Gasteiger partial charge in [-0.3, -0.25) is 0 Å². The minimum Gasteiger partial charge on any atom is -0.0774 e. The van der Waals surface area contributed by atoms with Gasteiger partial charge < -0.3 is 0 Å². The number of hydrogen-bond donors (Lipinski definition) is 0. The van der Waals surface area contributed by atoms with Crippen LogP contribution in [0, 0.1) is 0 Å². The van der Waals surface area contributed by atoms with E-state index >= 15 is 0 Å². The SMILES string of the molecule is CCCCCCCC(I)c1ccccc1Br. The molecule has 0 spiro atoms. The van der Waals surface area contributed by atoms with Crippen molar-refractivity contribution >= 4 is 38.5 Å². The van der Waals surface area contributed by atoms with Gasteiger partial charge in [0.05, 0.1) is 0 Å².